The van der Waals surface area contributed by atoms with Crippen LogP contribution in [0.25, 0.3) is 0 Å². The van der Waals surface area contributed by atoms with Gasteiger partial charge in [0.2, 0.25) is 0 Å². The number of nitrogens with zero attached hydrogens (tertiary/aromatic N) is 4. The molecule has 0 fully saturated rings. The summed E-state index contributed by atoms with van der Waals surface area (Å²) < 4.78 is 5.28. The summed E-state index contributed by atoms with van der Waals surface area (Å²) in [6.07, 6.45) is 0. The van der Waals surface area contributed by atoms with E-state index >= 15 is 0 Å². The standard InChI is InChI=1S/C22H20N4O4/c1-25(2)20-12-8-18(9-13-20)23-24-19-5-3-4-17(14-19)22(27)30-15-16-6-10-21(11-7-16)26(28)29/h3-14H,15H2,1-2H3. The molecule has 0 bridgehead atoms. The highest BCUT2D eigenvalue weighted by Crippen LogP contribution is 2.22. The lowest BCUT2D eigenvalue weighted by molar-refractivity contribution is -0.384. The second kappa shape index (κ2) is 9.42. The number of hydrogen-bond donors (Lipinski definition) is 0. The summed E-state index contributed by atoms with van der Waals surface area (Å²) in [5.74, 6) is -0.513. The third-order valence-electron chi connectivity index (χ3n) is 4.25. The smallest absolute Gasteiger partial charge is 0.338 e. The van der Waals surface area contributed by atoms with Crippen LogP contribution in [0, 0.1) is 10.1 Å². The number of azo groups is 1. The van der Waals surface area contributed by atoms with Crippen molar-refractivity contribution in [2.75, 3.05) is 19.0 Å². The van der Waals surface area contributed by atoms with E-state index in [4.69, 9.17) is 4.74 Å². The van der Waals surface area contributed by atoms with Gasteiger partial charge in [-0.3, -0.25) is 10.1 Å². The van der Waals surface area contributed by atoms with Crippen molar-refractivity contribution < 1.29 is 14.5 Å². The van der Waals surface area contributed by atoms with E-state index in [0.717, 1.165) is 5.69 Å². The van der Waals surface area contributed by atoms with Crippen LogP contribution in [0.1, 0.15) is 15.9 Å². The highest BCUT2D eigenvalue weighted by Gasteiger charge is 2.09. The molecule has 0 aliphatic rings. The van der Waals surface area contributed by atoms with Crippen molar-refractivity contribution in [1.82, 2.24) is 0 Å². The van der Waals surface area contributed by atoms with E-state index in [1.165, 1.54) is 12.1 Å². The van der Waals surface area contributed by atoms with E-state index in [0.29, 0.717) is 22.5 Å². The highest BCUT2D eigenvalue weighted by molar-refractivity contribution is 5.90. The SMILES string of the molecule is CN(C)c1ccc(N=Nc2cccc(C(=O)OCc3ccc([N+](=O)[O-])cc3)c2)cc1. The van der Waals surface area contributed by atoms with Gasteiger partial charge in [-0.15, -0.1) is 0 Å². The first-order chi connectivity index (χ1) is 14.4. The number of benzene rings is 3. The molecule has 0 N–H and O–H groups in total. The van der Waals surface area contributed by atoms with Gasteiger partial charge in [0.05, 0.1) is 21.9 Å². The van der Waals surface area contributed by atoms with Crippen LogP contribution in [-0.2, 0) is 11.3 Å². The van der Waals surface area contributed by atoms with E-state index in [1.807, 2.05) is 43.3 Å². The Morgan fingerprint density at radius 1 is 0.967 bits per heavy atom. The zero-order valence-electron chi connectivity index (χ0n) is 16.6. The third-order valence-corrected chi connectivity index (χ3v) is 4.25. The molecule has 0 aliphatic carbocycles. The summed E-state index contributed by atoms with van der Waals surface area (Å²) in [4.78, 5) is 24.5. The minimum atomic E-state index is -0.513. The Kier molecular flexibility index (Phi) is 6.49. The van der Waals surface area contributed by atoms with Crippen LogP contribution >= 0.6 is 0 Å². The Morgan fingerprint density at radius 3 is 2.27 bits per heavy atom. The fourth-order valence-electron chi connectivity index (χ4n) is 2.57. The first-order valence-electron chi connectivity index (χ1n) is 9.12. The lowest BCUT2D eigenvalue weighted by Gasteiger charge is -2.11. The van der Waals surface area contributed by atoms with E-state index in [2.05, 4.69) is 10.2 Å². The van der Waals surface area contributed by atoms with Gasteiger partial charge >= 0.3 is 5.97 Å². The molecule has 30 heavy (non-hydrogen) atoms. The Balaban J connectivity index is 1.62. The maximum Gasteiger partial charge on any atom is 0.338 e. The van der Waals surface area contributed by atoms with Gasteiger partial charge in [-0.1, -0.05) is 6.07 Å². The van der Waals surface area contributed by atoms with Gasteiger partial charge in [0.25, 0.3) is 5.69 Å². The molecule has 8 heteroatoms. The lowest BCUT2D eigenvalue weighted by Crippen LogP contribution is -2.07. The number of ether oxygens (including phenoxy) is 1. The van der Waals surface area contributed by atoms with E-state index < -0.39 is 10.9 Å². The summed E-state index contributed by atoms with van der Waals surface area (Å²) in [6, 6.07) is 20.1. The van der Waals surface area contributed by atoms with Crippen molar-refractivity contribution in [3.63, 3.8) is 0 Å². The maximum absolute atomic E-state index is 12.3. The maximum atomic E-state index is 12.3. The molecule has 0 aromatic heterocycles. The van der Waals surface area contributed by atoms with Crippen LogP contribution in [0.15, 0.2) is 83.0 Å². The number of rotatable bonds is 7. The zero-order valence-corrected chi connectivity index (χ0v) is 16.6. The summed E-state index contributed by atoms with van der Waals surface area (Å²) in [6.45, 7) is 0.0147. The molecule has 0 radical (unpaired) electrons. The van der Waals surface area contributed by atoms with Gasteiger partial charge in [-0.05, 0) is 60.2 Å². The Morgan fingerprint density at radius 2 is 1.63 bits per heavy atom. The summed E-state index contributed by atoms with van der Waals surface area (Å²) >= 11 is 0. The number of anilines is 1. The van der Waals surface area contributed by atoms with Gasteiger partial charge in [-0.2, -0.15) is 10.2 Å². The van der Waals surface area contributed by atoms with Crippen LogP contribution in [0.4, 0.5) is 22.7 Å². The zero-order chi connectivity index (χ0) is 21.5. The van der Waals surface area contributed by atoms with Crippen molar-refractivity contribution in [2.24, 2.45) is 10.2 Å². The highest BCUT2D eigenvalue weighted by atomic mass is 16.6. The average molecular weight is 404 g/mol. The molecule has 152 valence electrons. The molecule has 0 unspecified atom stereocenters. The number of esters is 1. The monoisotopic (exact) mass is 404 g/mol. The number of hydrogen-bond acceptors (Lipinski definition) is 7. The average Bonchev–Trinajstić information content (AvgIpc) is 2.76. The second-order valence-electron chi connectivity index (χ2n) is 6.66. The molecule has 0 heterocycles. The minimum Gasteiger partial charge on any atom is -0.457 e. The van der Waals surface area contributed by atoms with Crippen molar-refractivity contribution in [3.05, 3.63) is 94.0 Å². The van der Waals surface area contributed by atoms with Gasteiger partial charge in [-0.25, -0.2) is 4.79 Å². The topological polar surface area (TPSA) is 97.4 Å². The fraction of sp³-hybridized carbons (Fsp3) is 0.136. The molecular formula is C22H20N4O4. The minimum absolute atomic E-state index is 0.0144. The van der Waals surface area contributed by atoms with Crippen molar-refractivity contribution >= 4 is 28.7 Å². The number of nitro groups is 1. The summed E-state index contributed by atoms with van der Waals surface area (Å²) in [5, 5.41) is 19.1. The second-order valence-corrected chi connectivity index (χ2v) is 6.66. The van der Waals surface area contributed by atoms with Gasteiger partial charge in [0.1, 0.15) is 6.61 Å². The lowest BCUT2D eigenvalue weighted by atomic mass is 10.2. The number of carbonyl (C=O) groups excluding carboxylic acids is 1. The van der Waals surface area contributed by atoms with Crippen LogP contribution in [-0.4, -0.2) is 25.0 Å². The normalized spacial score (nSPS) is 10.7. The number of non-ortho nitro benzene ring substituents is 1. The number of carbonyl (C=O) groups is 1. The first kappa shape index (κ1) is 20.7. The Labute approximate surface area is 173 Å². The molecule has 0 amide bonds. The first-order valence-corrected chi connectivity index (χ1v) is 9.12. The van der Waals surface area contributed by atoms with Crippen LogP contribution < -0.4 is 4.90 Å². The van der Waals surface area contributed by atoms with Crippen LogP contribution in [0.5, 0.6) is 0 Å². The Bertz CT molecular complexity index is 1060. The quantitative estimate of drug-likeness (QED) is 0.226. The molecule has 0 saturated carbocycles. The van der Waals surface area contributed by atoms with Gasteiger partial charge < -0.3 is 9.64 Å². The molecule has 3 aromatic rings. The van der Waals surface area contributed by atoms with E-state index in [9.17, 15) is 14.9 Å². The van der Waals surface area contributed by atoms with Gasteiger partial charge in [0.15, 0.2) is 0 Å². The molecule has 3 rings (SSSR count). The van der Waals surface area contributed by atoms with E-state index in [-0.39, 0.29) is 12.3 Å². The predicted molar refractivity (Wildman–Crippen MR) is 114 cm³/mol. The van der Waals surface area contributed by atoms with Crippen molar-refractivity contribution in [3.8, 4) is 0 Å². The molecule has 0 aliphatic heterocycles. The van der Waals surface area contributed by atoms with Crippen LogP contribution in [0.3, 0.4) is 0 Å². The molecule has 0 atom stereocenters. The summed E-state index contributed by atoms with van der Waals surface area (Å²) in [7, 11) is 3.92. The number of nitro benzene ring substituents is 1. The molecular weight excluding hydrogens is 384 g/mol. The molecule has 8 nitrogen and oxygen atoms in total. The third kappa shape index (κ3) is 5.48. The van der Waals surface area contributed by atoms with Crippen molar-refractivity contribution in [1.29, 1.82) is 0 Å². The van der Waals surface area contributed by atoms with E-state index in [1.54, 1.807) is 36.4 Å². The van der Waals surface area contributed by atoms with Crippen molar-refractivity contribution in [2.45, 2.75) is 6.61 Å². The fourth-order valence-corrected chi connectivity index (χ4v) is 2.57. The molecule has 0 saturated heterocycles. The predicted octanol–water partition coefficient (Wildman–Crippen LogP) is 5.43. The summed E-state index contributed by atoms with van der Waals surface area (Å²) in [5.41, 5.74) is 3.27. The Hall–Kier alpha value is -4.07. The largest absolute Gasteiger partial charge is 0.457 e. The van der Waals surface area contributed by atoms with Crippen LogP contribution in [0.2, 0.25) is 0 Å². The molecule has 0 spiro atoms. The molecule has 3 aromatic carbocycles. The van der Waals surface area contributed by atoms with Gasteiger partial charge in [0, 0.05) is 31.9 Å².